The molecule has 0 fully saturated rings. The van der Waals surface area contributed by atoms with Gasteiger partial charge < -0.3 is 14.6 Å². The SMILES string of the molecule is CCN(CC)c1ccc2c(c1)OCC(c1nc3ccccc3[nH]1)=N2. The summed E-state index contributed by atoms with van der Waals surface area (Å²) in [6.45, 7) is 6.68. The van der Waals surface area contributed by atoms with Crippen LogP contribution in [0.2, 0.25) is 0 Å². The van der Waals surface area contributed by atoms with Gasteiger partial charge in [0, 0.05) is 24.8 Å². The van der Waals surface area contributed by atoms with Crippen molar-refractivity contribution in [2.24, 2.45) is 4.99 Å². The van der Waals surface area contributed by atoms with Gasteiger partial charge in [-0.2, -0.15) is 0 Å². The average molecular weight is 320 g/mol. The van der Waals surface area contributed by atoms with Crippen LogP contribution in [0.3, 0.4) is 0 Å². The van der Waals surface area contributed by atoms with Crippen molar-refractivity contribution in [1.82, 2.24) is 9.97 Å². The van der Waals surface area contributed by atoms with E-state index < -0.39 is 0 Å². The van der Waals surface area contributed by atoms with E-state index in [1.54, 1.807) is 0 Å². The number of para-hydroxylation sites is 2. The molecule has 5 nitrogen and oxygen atoms in total. The zero-order valence-electron chi connectivity index (χ0n) is 13.9. The van der Waals surface area contributed by atoms with Crippen molar-refractivity contribution < 1.29 is 4.74 Å². The van der Waals surface area contributed by atoms with Crippen molar-refractivity contribution in [3.05, 3.63) is 48.3 Å². The first-order valence-electron chi connectivity index (χ1n) is 8.33. The first-order valence-corrected chi connectivity index (χ1v) is 8.33. The number of hydrogen-bond acceptors (Lipinski definition) is 4. The molecule has 1 aliphatic rings. The van der Waals surface area contributed by atoms with Gasteiger partial charge in [-0.1, -0.05) is 12.1 Å². The number of H-pyrrole nitrogens is 1. The Balaban J connectivity index is 1.69. The van der Waals surface area contributed by atoms with Crippen molar-refractivity contribution in [3.63, 3.8) is 0 Å². The predicted octanol–water partition coefficient (Wildman–Crippen LogP) is 3.92. The van der Waals surface area contributed by atoms with Gasteiger partial charge in [0.2, 0.25) is 0 Å². The number of aliphatic imine (C=N–C) groups is 1. The molecular weight excluding hydrogens is 300 g/mol. The molecule has 0 saturated heterocycles. The summed E-state index contributed by atoms with van der Waals surface area (Å²) in [5.74, 6) is 1.61. The Hall–Kier alpha value is -2.82. The lowest BCUT2D eigenvalue weighted by atomic mass is 10.2. The summed E-state index contributed by atoms with van der Waals surface area (Å²) in [6, 6.07) is 14.2. The molecule has 2 heterocycles. The fraction of sp³-hybridized carbons (Fsp3) is 0.263. The van der Waals surface area contributed by atoms with Crippen molar-refractivity contribution >= 4 is 28.1 Å². The van der Waals surface area contributed by atoms with Gasteiger partial charge in [-0.3, -0.25) is 0 Å². The molecule has 2 aromatic carbocycles. The van der Waals surface area contributed by atoms with Crippen molar-refractivity contribution in [2.75, 3.05) is 24.6 Å². The summed E-state index contributed by atoms with van der Waals surface area (Å²) in [4.78, 5) is 15.0. The predicted molar refractivity (Wildman–Crippen MR) is 97.8 cm³/mol. The Morgan fingerprint density at radius 2 is 1.96 bits per heavy atom. The van der Waals surface area contributed by atoms with Crippen LogP contribution in [-0.4, -0.2) is 35.4 Å². The molecule has 0 unspecified atom stereocenters. The zero-order valence-corrected chi connectivity index (χ0v) is 13.9. The van der Waals surface area contributed by atoms with E-state index in [1.807, 2.05) is 30.3 Å². The lowest BCUT2D eigenvalue weighted by Gasteiger charge is -2.23. The van der Waals surface area contributed by atoms with E-state index in [2.05, 4.69) is 40.8 Å². The van der Waals surface area contributed by atoms with E-state index >= 15 is 0 Å². The molecule has 0 bridgehead atoms. The number of aromatic amines is 1. The molecule has 4 rings (SSSR count). The van der Waals surface area contributed by atoms with Gasteiger partial charge in [0.15, 0.2) is 5.82 Å². The molecule has 0 saturated carbocycles. The molecule has 1 aliphatic heterocycles. The minimum atomic E-state index is 0.425. The number of nitrogens with zero attached hydrogens (tertiary/aromatic N) is 3. The number of ether oxygens (including phenoxy) is 1. The van der Waals surface area contributed by atoms with Gasteiger partial charge in [0.25, 0.3) is 0 Å². The van der Waals surface area contributed by atoms with Crippen LogP contribution in [0.5, 0.6) is 5.75 Å². The lowest BCUT2D eigenvalue weighted by molar-refractivity contribution is 0.372. The van der Waals surface area contributed by atoms with Gasteiger partial charge in [0.1, 0.15) is 23.8 Å². The number of anilines is 1. The van der Waals surface area contributed by atoms with E-state index in [0.717, 1.165) is 47.1 Å². The van der Waals surface area contributed by atoms with E-state index in [9.17, 15) is 0 Å². The number of nitrogens with one attached hydrogen (secondary N) is 1. The van der Waals surface area contributed by atoms with E-state index in [0.29, 0.717) is 6.61 Å². The molecule has 0 radical (unpaired) electrons. The molecular formula is C19H20N4O. The van der Waals surface area contributed by atoms with Crippen molar-refractivity contribution in [2.45, 2.75) is 13.8 Å². The van der Waals surface area contributed by atoms with Crippen molar-refractivity contribution in [1.29, 1.82) is 0 Å². The van der Waals surface area contributed by atoms with Crippen LogP contribution in [0.25, 0.3) is 11.0 Å². The molecule has 122 valence electrons. The maximum absolute atomic E-state index is 5.95. The maximum Gasteiger partial charge on any atom is 0.156 e. The summed E-state index contributed by atoms with van der Waals surface area (Å²) in [5, 5.41) is 0. The Bertz CT molecular complexity index is 876. The largest absolute Gasteiger partial charge is 0.485 e. The molecule has 24 heavy (non-hydrogen) atoms. The number of hydrogen-bond donors (Lipinski definition) is 1. The standard InChI is InChI=1S/C19H20N4O/c1-3-23(4-2)13-9-10-16-18(11-13)24-12-17(20-16)19-21-14-7-5-6-8-15(14)22-19/h5-11H,3-4,12H2,1-2H3,(H,21,22). The van der Waals surface area contributed by atoms with Crippen LogP contribution in [-0.2, 0) is 0 Å². The Morgan fingerprint density at radius 1 is 1.12 bits per heavy atom. The third-order valence-corrected chi connectivity index (χ3v) is 4.35. The van der Waals surface area contributed by atoms with Gasteiger partial charge >= 0.3 is 0 Å². The van der Waals surface area contributed by atoms with E-state index in [-0.39, 0.29) is 0 Å². The number of benzene rings is 2. The second-order valence-electron chi connectivity index (χ2n) is 5.77. The number of imidazole rings is 1. The second-order valence-corrected chi connectivity index (χ2v) is 5.77. The first-order chi connectivity index (χ1) is 11.8. The normalized spacial score (nSPS) is 13.3. The maximum atomic E-state index is 5.95. The topological polar surface area (TPSA) is 53.5 Å². The molecule has 1 aromatic heterocycles. The first kappa shape index (κ1) is 14.8. The average Bonchev–Trinajstić information content (AvgIpc) is 3.06. The monoisotopic (exact) mass is 320 g/mol. The third-order valence-electron chi connectivity index (χ3n) is 4.35. The highest BCUT2D eigenvalue weighted by molar-refractivity contribution is 6.03. The van der Waals surface area contributed by atoms with Crippen LogP contribution in [0.15, 0.2) is 47.5 Å². The Kier molecular flexibility index (Phi) is 3.69. The van der Waals surface area contributed by atoms with Gasteiger partial charge in [0.05, 0.1) is 11.0 Å². The minimum Gasteiger partial charge on any atom is -0.485 e. The summed E-state index contributed by atoms with van der Waals surface area (Å²) in [7, 11) is 0. The number of rotatable bonds is 4. The molecule has 5 heteroatoms. The number of aromatic nitrogens is 2. The molecule has 0 atom stereocenters. The molecule has 1 N–H and O–H groups in total. The highest BCUT2D eigenvalue weighted by atomic mass is 16.5. The highest BCUT2D eigenvalue weighted by Crippen LogP contribution is 2.35. The van der Waals surface area contributed by atoms with Crippen molar-refractivity contribution in [3.8, 4) is 5.75 Å². The molecule has 3 aromatic rings. The molecule has 0 spiro atoms. The van der Waals surface area contributed by atoms with Gasteiger partial charge in [-0.05, 0) is 38.1 Å². The zero-order chi connectivity index (χ0) is 16.5. The lowest BCUT2D eigenvalue weighted by Crippen LogP contribution is -2.22. The number of fused-ring (bicyclic) bond motifs is 2. The summed E-state index contributed by atoms with van der Waals surface area (Å²) in [5.41, 5.74) is 4.80. The van der Waals surface area contributed by atoms with Gasteiger partial charge in [-0.25, -0.2) is 9.98 Å². The van der Waals surface area contributed by atoms with Crippen LogP contribution in [0, 0.1) is 0 Å². The van der Waals surface area contributed by atoms with Crippen LogP contribution in [0.1, 0.15) is 19.7 Å². The fourth-order valence-electron chi connectivity index (χ4n) is 3.03. The van der Waals surface area contributed by atoms with Gasteiger partial charge in [-0.15, -0.1) is 0 Å². The summed E-state index contributed by atoms with van der Waals surface area (Å²) < 4.78 is 5.95. The van der Waals surface area contributed by atoms with Crippen LogP contribution in [0.4, 0.5) is 11.4 Å². The quantitative estimate of drug-likeness (QED) is 0.792. The smallest absolute Gasteiger partial charge is 0.156 e. The summed E-state index contributed by atoms with van der Waals surface area (Å²) >= 11 is 0. The van der Waals surface area contributed by atoms with Crippen LogP contribution >= 0.6 is 0 Å². The second kappa shape index (κ2) is 6.00. The molecule has 0 amide bonds. The highest BCUT2D eigenvalue weighted by Gasteiger charge is 2.18. The summed E-state index contributed by atoms with van der Waals surface area (Å²) in [6.07, 6.45) is 0. The Morgan fingerprint density at radius 3 is 2.75 bits per heavy atom. The van der Waals surface area contributed by atoms with Crippen LogP contribution < -0.4 is 9.64 Å². The molecule has 0 aliphatic carbocycles. The fourth-order valence-corrected chi connectivity index (χ4v) is 3.03. The third kappa shape index (κ3) is 2.52. The Labute approximate surface area is 141 Å². The van der Waals surface area contributed by atoms with E-state index in [1.165, 1.54) is 5.69 Å². The van der Waals surface area contributed by atoms with E-state index in [4.69, 9.17) is 9.73 Å². The minimum absolute atomic E-state index is 0.425.